The van der Waals surface area contributed by atoms with Crippen LogP contribution in [0.3, 0.4) is 0 Å². The molecule has 0 saturated heterocycles. The van der Waals surface area contributed by atoms with E-state index < -0.39 is 0 Å². The molecule has 4 saturated carbocycles. The minimum atomic E-state index is 0. The second-order valence-corrected chi connectivity index (χ2v) is 13.6. The van der Waals surface area contributed by atoms with Crippen molar-refractivity contribution in [2.75, 3.05) is 0 Å². The predicted octanol–water partition coefficient (Wildman–Crippen LogP) is 8.43. The summed E-state index contributed by atoms with van der Waals surface area (Å²) in [4.78, 5) is 0. The SMILES string of the molecule is C1CCC(PC2CCCCC2)CC1.C1CCC(PC2CCCCC2)CC1.[C-]#[O+].[C-]#[O+].[C-]#[O+].[C-]#[O+].[C-]#[O+].[C-]#[O+].[Fe].[Fe]. The van der Waals surface area contributed by atoms with Crippen LogP contribution < -0.4 is 0 Å². The van der Waals surface area contributed by atoms with Gasteiger partial charge in [0.2, 0.25) is 0 Å². The molecule has 0 radical (unpaired) electrons. The van der Waals surface area contributed by atoms with Crippen LogP contribution in [0.5, 0.6) is 0 Å². The molecule has 0 aromatic rings. The summed E-state index contributed by atoms with van der Waals surface area (Å²) < 4.78 is 45.0. The van der Waals surface area contributed by atoms with Gasteiger partial charge in [-0.05, 0) is 74.0 Å². The minimum absolute atomic E-state index is 0. The molecule has 0 N–H and O–H groups in total. The topological polar surface area (TPSA) is 119 Å². The Labute approximate surface area is 269 Å². The van der Waals surface area contributed by atoms with Crippen LogP contribution >= 0.6 is 17.2 Å². The van der Waals surface area contributed by atoms with Crippen molar-refractivity contribution in [3.8, 4) is 0 Å². The van der Waals surface area contributed by atoms with Crippen molar-refractivity contribution in [2.24, 2.45) is 0 Å². The number of hydrogen-bond acceptors (Lipinski definition) is 0. The van der Waals surface area contributed by atoms with Gasteiger partial charge in [0, 0.05) is 34.1 Å². The van der Waals surface area contributed by atoms with Gasteiger partial charge in [0.05, 0.1) is 0 Å². The zero-order valence-corrected chi connectivity index (χ0v) is 27.8. The predicted molar refractivity (Wildman–Crippen MR) is 148 cm³/mol. The van der Waals surface area contributed by atoms with Gasteiger partial charge in [-0.15, -0.1) is 17.2 Å². The molecule has 4 fully saturated rings. The quantitative estimate of drug-likeness (QED) is 0.123. The molecule has 6 nitrogen and oxygen atoms in total. The first kappa shape index (κ1) is 52.9. The van der Waals surface area contributed by atoms with Crippen molar-refractivity contribution < 1.29 is 62.1 Å². The van der Waals surface area contributed by atoms with Crippen LogP contribution in [-0.2, 0) is 62.1 Å². The van der Waals surface area contributed by atoms with E-state index in [1.54, 1.807) is 51.4 Å². The molecule has 0 aliphatic heterocycles. The van der Waals surface area contributed by atoms with Crippen molar-refractivity contribution in [1.82, 2.24) is 0 Å². The molecule has 0 spiro atoms. The molecular formula is C30H46Fe2O6P2. The van der Waals surface area contributed by atoms with E-state index in [-0.39, 0.29) is 34.1 Å². The Kier molecular flexibility index (Phi) is 64.9. The Morgan fingerprint density at radius 1 is 0.275 bits per heavy atom. The fraction of sp³-hybridized carbons (Fsp3) is 0.800. The van der Waals surface area contributed by atoms with E-state index in [2.05, 4.69) is 39.9 Å². The third kappa shape index (κ3) is 32.8. The van der Waals surface area contributed by atoms with E-state index >= 15 is 0 Å². The molecule has 4 rings (SSSR count). The van der Waals surface area contributed by atoms with E-state index in [1.807, 2.05) is 0 Å². The zero-order valence-electron chi connectivity index (χ0n) is 23.6. The van der Waals surface area contributed by atoms with Gasteiger partial charge in [-0.2, -0.15) is 0 Å². The maximum atomic E-state index is 7.50. The van der Waals surface area contributed by atoms with E-state index in [0.717, 1.165) is 22.6 Å². The average Bonchev–Trinajstić information content (AvgIpc) is 3.05. The molecule has 10 heteroatoms. The Balaban J connectivity index is -0.000000102. The Hall–Kier alpha value is 0.339. The molecule has 0 aromatic heterocycles. The van der Waals surface area contributed by atoms with Gasteiger partial charge in [-0.1, -0.05) is 77.0 Å². The van der Waals surface area contributed by atoms with E-state index in [4.69, 9.17) is 27.9 Å². The van der Waals surface area contributed by atoms with Crippen molar-refractivity contribution in [3.05, 3.63) is 39.9 Å². The zero-order chi connectivity index (χ0) is 29.9. The maximum Gasteiger partial charge on any atom is 0 e. The second kappa shape index (κ2) is 49.0. The molecule has 0 bridgehead atoms. The van der Waals surface area contributed by atoms with E-state index in [1.165, 1.54) is 94.2 Å². The van der Waals surface area contributed by atoms with Crippen LogP contribution in [0.25, 0.3) is 0 Å². The standard InChI is InChI=1S/2C12H23P.6CO.2Fe/c2*1-3-7-11(8-4-1)13-12-9-5-2-6-10-12;6*1-2;;/h2*11-13H,1-10H2;;;;;;;;. The summed E-state index contributed by atoms with van der Waals surface area (Å²) in [6.45, 7) is 27.0. The average molecular weight is 676 g/mol. The van der Waals surface area contributed by atoms with Gasteiger partial charge < -0.3 is 0 Å². The first-order valence-corrected chi connectivity index (χ1v) is 16.0. The Morgan fingerprint density at radius 2 is 0.400 bits per heavy atom. The molecule has 4 aliphatic carbocycles. The van der Waals surface area contributed by atoms with Gasteiger partial charge in [0.25, 0.3) is 0 Å². The number of hydrogen-bond donors (Lipinski definition) is 0. The molecule has 0 unspecified atom stereocenters. The minimum Gasteiger partial charge on any atom is 0 e. The fourth-order valence-corrected chi connectivity index (χ4v) is 10.0. The normalized spacial score (nSPS) is 18.3. The molecular weight excluding hydrogens is 630 g/mol. The van der Waals surface area contributed by atoms with Crippen LogP contribution in [0.1, 0.15) is 128 Å². The van der Waals surface area contributed by atoms with Crippen molar-refractivity contribution in [1.29, 1.82) is 0 Å². The Morgan fingerprint density at radius 3 is 0.525 bits per heavy atom. The summed E-state index contributed by atoms with van der Waals surface area (Å²) >= 11 is 0. The second-order valence-electron chi connectivity index (χ2n) is 9.67. The first-order valence-electron chi connectivity index (χ1n) is 13.6. The summed E-state index contributed by atoms with van der Waals surface area (Å²) in [5.41, 5.74) is 4.60. The third-order valence-corrected chi connectivity index (χ3v) is 11.6. The summed E-state index contributed by atoms with van der Waals surface area (Å²) in [5, 5.41) is 0. The molecule has 0 aromatic carbocycles. The van der Waals surface area contributed by atoms with Crippen LogP contribution in [0.4, 0.5) is 0 Å². The van der Waals surface area contributed by atoms with Gasteiger partial charge in [0.15, 0.2) is 0 Å². The first-order chi connectivity index (χ1) is 18.9. The van der Waals surface area contributed by atoms with Crippen LogP contribution in [-0.4, -0.2) is 22.6 Å². The smallest absolute Gasteiger partial charge is 0 e. The van der Waals surface area contributed by atoms with Crippen molar-refractivity contribution in [3.63, 3.8) is 0 Å². The summed E-state index contributed by atoms with van der Waals surface area (Å²) in [7, 11) is 2.66. The van der Waals surface area contributed by atoms with Crippen LogP contribution in [0.2, 0.25) is 0 Å². The van der Waals surface area contributed by atoms with Crippen molar-refractivity contribution in [2.45, 2.75) is 151 Å². The molecule has 4 aliphatic rings. The van der Waals surface area contributed by atoms with Crippen LogP contribution in [0, 0.1) is 39.9 Å². The maximum absolute atomic E-state index is 7.50. The molecule has 0 amide bonds. The van der Waals surface area contributed by atoms with Gasteiger partial charge >= 0.3 is 67.8 Å². The number of rotatable bonds is 4. The van der Waals surface area contributed by atoms with Crippen molar-refractivity contribution >= 4 is 17.2 Å². The summed E-state index contributed by atoms with van der Waals surface area (Å²) in [5.74, 6) is 0. The largest absolute Gasteiger partial charge is 0 e. The van der Waals surface area contributed by atoms with Gasteiger partial charge in [-0.25, -0.2) is 0 Å². The van der Waals surface area contributed by atoms with Gasteiger partial charge in [-0.3, -0.25) is 0 Å². The molecule has 0 atom stereocenters. The molecule has 40 heavy (non-hydrogen) atoms. The fourth-order valence-electron chi connectivity index (χ4n) is 5.74. The summed E-state index contributed by atoms with van der Waals surface area (Å²) in [6.07, 6.45) is 30.9. The van der Waals surface area contributed by atoms with Crippen LogP contribution in [0.15, 0.2) is 0 Å². The monoisotopic (exact) mass is 676 g/mol. The Bertz CT molecular complexity index is 474. The molecule has 228 valence electrons. The van der Waals surface area contributed by atoms with E-state index in [9.17, 15) is 0 Å². The third-order valence-electron chi connectivity index (χ3n) is 7.36. The van der Waals surface area contributed by atoms with E-state index in [0.29, 0.717) is 0 Å². The molecule has 0 heterocycles. The van der Waals surface area contributed by atoms with Gasteiger partial charge in [0.1, 0.15) is 0 Å². The summed E-state index contributed by atoms with van der Waals surface area (Å²) in [6, 6.07) is 0.